The third kappa shape index (κ3) is 3.60. The predicted molar refractivity (Wildman–Crippen MR) is 82.1 cm³/mol. The summed E-state index contributed by atoms with van der Waals surface area (Å²) in [4.78, 5) is 24.7. The van der Waals surface area contributed by atoms with Crippen LogP contribution in [0.1, 0.15) is 19.4 Å². The molecule has 4 nitrogen and oxygen atoms in total. The lowest BCUT2D eigenvalue weighted by Gasteiger charge is -2.25. The molecule has 0 spiro atoms. The fourth-order valence-corrected chi connectivity index (χ4v) is 2.42. The van der Waals surface area contributed by atoms with E-state index in [9.17, 15) is 9.59 Å². The van der Waals surface area contributed by atoms with E-state index in [-0.39, 0.29) is 24.9 Å². The van der Waals surface area contributed by atoms with Crippen LogP contribution in [0.25, 0.3) is 10.8 Å². The van der Waals surface area contributed by atoms with Crippen molar-refractivity contribution in [3.63, 3.8) is 0 Å². The van der Waals surface area contributed by atoms with Crippen molar-refractivity contribution in [2.24, 2.45) is 0 Å². The summed E-state index contributed by atoms with van der Waals surface area (Å²) in [6.07, 6.45) is 0.215. The van der Waals surface area contributed by atoms with Crippen molar-refractivity contribution < 1.29 is 14.7 Å². The van der Waals surface area contributed by atoms with E-state index in [1.54, 1.807) is 0 Å². The first kappa shape index (κ1) is 15.0. The molecular formula is C17H19NO3. The number of nitrogens with zero attached hydrogens (tertiary/aromatic N) is 1. The Labute approximate surface area is 124 Å². The van der Waals surface area contributed by atoms with Crippen molar-refractivity contribution in [3.05, 3.63) is 48.0 Å². The number of hydrogen-bond donors (Lipinski definition) is 1. The molecule has 110 valence electrons. The molecule has 1 N–H and O–H groups in total. The van der Waals surface area contributed by atoms with Crippen LogP contribution in [0.3, 0.4) is 0 Å². The zero-order valence-electron chi connectivity index (χ0n) is 12.2. The summed E-state index contributed by atoms with van der Waals surface area (Å²) in [6.45, 7) is 3.38. The quantitative estimate of drug-likeness (QED) is 0.919. The molecule has 2 aromatic carbocycles. The van der Waals surface area contributed by atoms with Gasteiger partial charge in [-0.2, -0.15) is 0 Å². The predicted octanol–water partition coefficient (Wildman–Crippen LogP) is 2.70. The maximum Gasteiger partial charge on any atom is 0.323 e. The molecule has 0 radical (unpaired) electrons. The van der Waals surface area contributed by atoms with Crippen molar-refractivity contribution in [1.29, 1.82) is 0 Å². The van der Waals surface area contributed by atoms with Crippen LogP contribution in [-0.2, 0) is 16.0 Å². The van der Waals surface area contributed by atoms with Gasteiger partial charge in [0.05, 0.1) is 6.42 Å². The van der Waals surface area contributed by atoms with E-state index in [2.05, 4.69) is 0 Å². The van der Waals surface area contributed by atoms with Crippen molar-refractivity contribution >= 4 is 22.6 Å². The second kappa shape index (κ2) is 6.39. The molecule has 0 unspecified atom stereocenters. The second-order valence-corrected chi connectivity index (χ2v) is 5.32. The minimum Gasteiger partial charge on any atom is -0.480 e. The molecule has 0 aromatic heterocycles. The second-order valence-electron chi connectivity index (χ2n) is 5.32. The number of carbonyl (C=O) groups is 2. The molecule has 2 aromatic rings. The first-order valence-corrected chi connectivity index (χ1v) is 6.97. The van der Waals surface area contributed by atoms with Gasteiger partial charge in [0.15, 0.2) is 0 Å². The van der Waals surface area contributed by atoms with E-state index in [4.69, 9.17) is 5.11 Å². The van der Waals surface area contributed by atoms with Crippen LogP contribution in [0.2, 0.25) is 0 Å². The summed E-state index contributed by atoms with van der Waals surface area (Å²) in [5.74, 6) is -1.15. The minimum absolute atomic E-state index is 0.136. The zero-order valence-corrected chi connectivity index (χ0v) is 12.2. The molecule has 0 aliphatic rings. The van der Waals surface area contributed by atoms with Gasteiger partial charge in [-0.05, 0) is 30.2 Å². The standard InChI is InChI=1S/C17H19NO3/c1-12(2)18(11-17(20)21)16(19)10-14-8-5-7-13-6-3-4-9-15(13)14/h3-9,12H,10-11H2,1-2H3,(H,20,21). The van der Waals surface area contributed by atoms with Crippen molar-refractivity contribution in [3.8, 4) is 0 Å². The minimum atomic E-state index is -0.991. The monoisotopic (exact) mass is 285 g/mol. The Morgan fingerprint density at radius 2 is 1.76 bits per heavy atom. The average molecular weight is 285 g/mol. The van der Waals surface area contributed by atoms with Gasteiger partial charge in [-0.25, -0.2) is 0 Å². The van der Waals surface area contributed by atoms with Gasteiger partial charge < -0.3 is 10.0 Å². The number of amides is 1. The Kier molecular flexibility index (Phi) is 4.58. The lowest BCUT2D eigenvalue weighted by Crippen LogP contribution is -2.41. The summed E-state index contributed by atoms with van der Waals surface area (Å²) in [7, 11) is 0. The fraction of sp³-hybridized carbons (Fsp3) is 0.294. The van der Waals surface area contributed by atoms with Gasteiger partial charge in [0.1, 0.15) is 6.54 Å². The van der Waals surface area contributed by atoms with Crippen LogP contribution in [-0.4, -0.2) is 34.5 Å². The van der Waals surface area contributed by atoms with E-state index in [0.717, 1.165) is 16.3 Å². The molecule has 0 saturated heterocycles. The molecule has 4 heteroatoms. The molecule has 0 saturated carbocycles. The summed E-state index contributed by atoms with van der Waals surface area (Å²) in [6, 6.07) is 13.6. The molecule has 0 aliphatic heterocycles. The molecule has 0 heterocycles. The van der Waals surface area contributed by atoms with Gasteiger partial charge in [0, 0.05) is 6.04 Å². The Balaban J connectivity index is 2.26. The Morgan fingerprint density at radius 3 is 2.43 bits per heavy atom. The van der Waals surface area contributed by atoms with Gasteiger partial charge in [-0.15, -0.1) is 0 Å². The number of benzene rings is 2. The number of aliphatic carboxylic acids is 1. The van der Waals surface area contributed by atoms with Gasteiger partial charge >= 0.3 is 5.97 Å². The Hall–Kier alpha value is -2.36. The van der Waals surface area contributed by atoms with Crippen LogP contribution >= 0.6 is 0 Å². The number of rotatable bonds is 5. The van der Waals surface area contributed by atoms with Crippen LogP contribution in [0.4, 0.5) is 0 Å². The van der Waals surface area contributed by atoms with Crippen molar-refractivity contribution in [2.45, 2.75) is 26.3 Å². The molecule has 0 bridgehead atoms. The smallest absolute Gasteiger partial charge is 0.323 e. The van der Waals surface area contributed by atoms with Crippen molar-refractivity contribution in [2.75, 3.05) is 6.54 Å². The normalized spacial score (nSPS) is 10.8. The maximum atomic E-state index is 12.4. The van der Waals surface area contributed by atoms with Gasteiger partial charge in [-0.3, -0.25) is 9.59 Å². The average Bonchev–Trinajstić information content (AvgIpc) is 2.44. The highest BCUT2D eigenvalue weighted by atomic mass is 16.4. The van der Waals surface area contributed by atoms with E-state index in [0.29, 0.717) is 0 Å². The van der Waals surface area contributed by atoms with E-state index in [1.807, 2.05) is 56.3 Å². The Morgan fingerprint density at radius 1 is 1.10 bits per heavy atom. The molecule has 0 atom stereocenters. The molecular weight excluding hydrogens is 266 g/mol. The highest BCUT2D eigenvalue weighted by molar-refractivity contribution is 5.91. The molecule has 0 fully saturated rings. The maximum absolute atomic E-state index is 12.4. The van der Waals surface area contributed by atoms with Gasteiger partial charge in [0.25, 0.3) is 0 Å². The molecule has 1 amide bonds. The first-order chi connectivity index (χ1) is 9.99. The number of hydrogen-bond acceptors (Lipinski definition) is 2. The fourth-order valence-electron chi connectivity index (χ4n) is 2.42. The van der Waals surface area contributed by atoms with Gasteiger partial charge in [0.2, 0.25) is 5.91 Å². The number of fused-ring (bicyclic) bond motifs is 1. The van der Waals surface area contributed by atoms with Crippen LogP contribution in [0.15, 0.2) is 42.5 Å². The van der Waals surface area contributed by atoms with Crippen LogP contribution < -0.4 is 0 Å². The largest absolute Gasteiger partial charge is 0.480 e. The molecule has 21 heavy (non-hydrogen) atoms. The SMILES string of the molecule is CC(C)N(CC(=O)O)C(=O)Cc1cccc2ccccc12. The van der Waals surface area contributed by atoms with E-state index >= 15 is 0 Å². The van der Waals surface area contributed by atoms with Crippen LogP contribution in [0, 0.1) is 0 Å². The van der Waals surface area contributed by atoms with Gasteiger partial charge in [-0.1, -0.05) is 42.5 Å². The molecule has 0 aliphatic carbocycles. The Bertz CT molecular complexity index is 659. The topological polar surface area (TPSA) is 57.6 Å². The van der Waals surface area contributed by atoms with E-state index < -0.39 is 5.97 Å². The summed E-state index contributed by atoms with van der Waals surface area (Å²) in [5.41, 5.74) is 0.925. The lowest BCUT2D eigenvalue weighted by molar-refractivity contribution is -0.145. The van der Waals surface area contributed by atoms with Crippen molar-refractivity contribution in [1.82, 2.24) is 4.90 Å². The number of carboxylic acid groups (broad SMARTS) is 1. The summed E-state index contributed by atoms with van der Waals surface area (Å²) < 4.78 is 0. The summed E-state index contributed by atoms with van der Waals surface area (Å²) in [5, 5.41) is 11.0. The highest BCUT2D eigenvalue weighted by Crippen LogP contribution is 2.19. The van der Waals surface area contributed by atoms with E-state index in [1.165, 1.54) is 4.90 Å². The van der Waals surface area contributed by atoms with Crippen LogP contribution in [0.5, 0.6) is 0 Å². The third-order valence-corrected chi connectivity index (χ3v) is 3.47. The molecule has 2 rings (SSSR count). The highest BCUT2D eigenvalue weighted by Gasteiger charge is 2.20. The number of carbonyl (C=O) groups excluding carboxylic acids is 1. The number of carboxylic acids is 1. The zero-order chi connectivity index (χ0) is 15.4. The summed E-state index contributed by atoms with van der Waals surface area (Å²) >= 11 is 0. The third-order valence-electron chi connectivity index (χ3n) is 3.47. The lowest BCUT2D eigenvalue weighted by atomic mass is 10.0. The first-order valence-electron chi connectivity index (χ1n) is 6.97.